The lowest BCUT2D eigenvalue weighted by Crippen LogP contribution is -2.27. The molecular formula is C24H20N2O4S. The highest BCUT2D eigenvalue weighted by atomic mass is 32.2. The smallest absolute Gasteiger partial charge is 0.255 e. The van der Waals surface area contributed by atoms with Gasteiger partial charge >= 0.3 is 0 Å². The summed E-state index contributed by atoms with van der Waals surface area (Å²) >= 11 is 1.56. The van der Waals surface area contributed by atoms with Crippen LogP contribution in [0, 0.1) is 6.92 Å². The highest BCUT2D eigenvalue weighted by Crippen LogP contribution is 2.45. The summed E-state index contributed by atoms with van der Waals surface area (Å²) in [7, 11) is 0. The van der Waals surface area contributed by atoms with Gasteiger partial charge in [-0.2, -0.15) is 0 Å². The molecule has 156 valence electrons. The SMILES string of the molecule is Cc1ccccc1C(=O)Nc1cccc([C@@H]2SCC(=O)N2c2ccc3c(c2)OCO3)c1. The fraction of sp³-hybridized carbons (Fsp3) is 0.167. The van der Waals surface area contributed by atoms with E-state index in [0.717, 1.165) is 16.8 Å². The fourth-order valence-electron chi connectivity index (χ4n) is 3.78. The van der Waals surface area contributed by atoms with E-state index in [2.05, 4.69) is 5.32 Å². The predicted molar refractivity (Wildman–Crippen MR) is 121 cm³/mol. The van der Waals surface area contributed by atoms with Crippen LogP contribution in [0.5, 0.6) is 11.5 Å². The van der Waals surface area contributed by atoms with Crippen molar-refractivity contribution >= 4 is 35.0 Å². The number of carbonyl (C=O) groups excluding carboxylic acids is 2. The third-order valence-corrected chi connectivity index (χ3v) is 6.53. The molecule has 0 bridgehead atoms. The summed E-state index contributed by atoms with van der Waals surface area (Å²) < 4.78 is 10.9. The van der Waals surface area contributed by atoms with Crippen molar-refractivity contribution in [3.8, 4) is 11.5 Å². The van der Waals surface area contributed by atoms with Crippen molar-refractivity contribution in [3.05, 3.63) is 83.4 Å². The molecule has 0 saturated carbocycles. The van der Waals surface area contributed by atoms with E-state index in [9.17, 15) is 9.59 Å². The summed E-state index contributed by atoms with van der Waals surface area (Å²) in [5.41, 5.74) is 3.95. The Kier molecular flexibility index (Phi) is 5.03. The molecule has 1 saturated heterocycles. The highest BCUT2D eigenvalue weighted by Gasteiger charge is 2.35. The predicted octanol–water partition coefficient (Wildman–Crippen LogP) is 4.75. The molecule has 1 fully saturated rings. The normalized spacial score (nSPS) is 17.1. The molecule has 0 aliphatic carbocycles. The number of amides is 2. The Bertz CT molecular complexity index is 1180. The summed E-state index contributed by atoms with van der Waals surface area (Å²) in [6.45, 7) is 2.10. The fourth-order valence-corrected chi connectivity index (χ4v) is 4.95. The van der Waals surface area contributed by atoms with Crippen LogP contribution in [0.4, 0.5) is 11.4 Å². The van der Waals surface area contributed by atoms with Gasteiger partial charge in [0.1, 0.15) is 5.37 Å². The van der Waals surface area contributed by atoms with Crippen LogP contribution < -0.4 is 19.7 Å². The zero-order chi connectivity index (χ0) is 21.4. The summed E-state index contributed by atoms with van der Waals surface area (Å²) in [5.74, 6) is 1.58. The van der Waals surface area contributed by atoms with Crippen LogP contribution in [0.1, 0.15) is 26.9 Å². The van der Waals surface area contributed by atoms with Gasteiger partial charge in [-0.15, -0.1) is 11.8 Å². The van der Waals surface area contributed by atoms with E-state index in [1.165, 1.54) is 0 Å². The average molecular weight is 433 g/mol. The first-order chi connectivity index (χ1) is 15.1. The second-order valence-corrected chi connectivity index (χ2v) is 8.43. The number of hydrogen-bond donors (Lipinski definition) is 1. The van der Waals surface area contributed by atoms with E-state index in [1.54, 1.807) is 22.7 Å². The molecule has 0 unspecified atom stereocenters. The van der Waals surface area contributed by atoms with E-state index in [0.29, 0.717) is 28.5 Å². The molecule has 0 spiro atoms. The number of aryl methyl sites for hydroxylation is 1. The van der Waals surface area contributed by atoms with Gasteiger partial charge in [-0.1, -0.05) is 30.3 Å². The lowest BCUT2D eigenvalue weighted by atomic mass is 10.1. The van der Waals surface area contributed by atoms with Gasteiger partial charge in [0.05, 0.1) is 5.75 Å². The first kappa shape index (κ1) is 19.5. The molecule has 2 amide bonds. The number of hydrogen-bond acceptors (Lipinski definition) is 5. The Morgan fingerprint density at radius 1 is 1.03 bits per heavy atom. The number of carbonyl (C=O) groups is 2. The minimum Gasteiger partial charge on any atom is -0.454 e. The number of ether oxygens (including phenoxy) is 2. The van der Waals surface area contributed by atoms with Crippen molar-refractivity contribution in [2.24, 2.45) is 0 Å². The summed E-state index contributed by atoms with van der Waals surface area (Å²) in [6, 6.07) is 20.6. The molecule has 6 nitrogen and oxygen atoms in total. The number of thioether (sulfide) groups is 1. The van der Waals surface area contributed by atoms with E-state index in [4.69, 9.17) is 9.47 Å². The third-order valence-electron chi connectivity index (χ3n) is 5.32. The Balaban J connectivity index is 1.41. The molecule has 2 heterocycles. The zero-order valence-corrected chi connectivity index (χ0v) is 17.6. The summed E-state index contributed by atoms with van der Waals surface area (Å²) in [4.78, 5) is 27.2. The summed E-state index contributed by atoms with van der Waals surface area (Å²) in [6.07, 6.45) is 0. The zero-order valence-electron chi connectivity index (χ0n) is 16.8. The molecule has 0 aromatic heterocycles. The number of fused-ring (bicyclic) bond motifs is 1. The maximum Gasteiger partial charge on any atom is 0.255 e. The minimum absolute atomic E-state index is 0.0308. The molecule has 7 heteroatoms. The van der Waals surface area contributed by atoms with Crippen LogP contribution >= 0.6 is 11.8 Å². The lowest BCUT2D eigenvalue weighted by molar-refractivity contribution is -0.115. The lowest BCUT2D eigenvalue weighted by Gasteiger charge is -2.25. The average Bonchev–Trinajstić information content (AvgIpc) is 3.40. The second-order valence-electron chi connectivity index (χ2n) is 7.36. The standard InChI is InChI=1S/C24H20N2O4S/c1-15-5-2-3-8-19(15)23(28)25-17-7-4-6-16(11-17)24-26(22(27)13-31-24)18-9-10-20-21(12-18)30-14-29-20/h2-12,24H,13-14H2,1H3,(H,25,28)/t24-/m0/s1. The van der Waals surface area contributed by atoms with Gasteiger partial charge in [0.2, 0.25) is 12.7 Å². The quantitative estimate of drug-likeness (QED) is 0.644. The van der Waals surface area contributed by atoms with Crippen LogP contribution in [-0.4, -0.2) is 24.4 Å². The van der Waals surface area contributed by atoms with Crippen LogP contribution in [0.3, 0.4) is 0 Å². The maximum absolute atomic E-state index is 12.7. The van der Waals surface area contributed by atoms with Crippen molar-refractivity contribution in [3.63, 3.8) is 0 Å². The van der Waals surface area contributed by atoms with Crippen LogP contribution in [-0.2, 0) is 4.79 Å². The van der Waals surface area contributed by atoms with Crippen molar-refractivity contribution in [2.45, 2.75) is 12.3 Å². The monoisotopic (exact) mass is 432 g/mol. The highest BCUT2D eigenvalue weighted by molar-refractivity contribution is 8.00. The van der Waals surface area contributed by atoms with Crippen LogP contribution in [0.15, 0.2) is 66.7 Å². The number of rotatable bonds is 4. The summed E-state index contributed by atoms with van der Waals surface area (Å²) in [5, 5.41) is 2.78. The van der Waals surface area contributed by atoms with Crippen LogP contribution in [0.25, 0.3) is 0 Å². The minimum atomic E-state index is -0.191. The van der Waals surface area contributed by atoms with Crippen molar-refractivity contribution < 1.29 is 19.1 Å². The molecule has 2 aliphatic rings. The number of nitrogens with zero attached hydrogens (tertiary/aromatic N) is 1. The molecule has 5 rings (SSSR count). The van der Waals surface area contributed by atoms with E-state index >= 15 is 0 Å². The van der Waals surface area contributed by atoms with Gasteiger partial charge in [-0.25, -0.2) is 0 Å². The van der Waals surface area contributed by atoms with Crippen molar-refractivity contribution in [1.29, 1.82) is 0 Å². The maximum atomic E-state index is 12.7. The van der Waals surface area contributed by atoms with Crippen molar-refractivity contribution in [2.75, 3.05) is 22.8 Å². The van der Waals surface area contributed by atoms with E-state index < -0.39 is 0 Å². The molecule has 1 N–H and O–H groups in total. The first-order valence-corrected chi connectivity index (χ1v) is 11.0. The van der Waals surface area contributed by atoms with Gasteiger partial charge < -0.3 is 14.8 Å². The Morgan fingerprint density at radius 2 is 1.87 bits per heavy atom. The Morgan fingerprint density at radius 3 is 2.74 bits per heavy atom. The Labute approximate surface area is 184 Å². The Hall–Kier alpha value is -3.45. The molecule has 31 heavy (non-hydrogen) atoms. The van der Waals surface area contributed by atoms with Gasteiger partial charge in [0, 0.05) is 23.0 Å². The molecule has 3 aromatic carbocycles. The second kappa shape index (κ2) is 8.00. The number of anilines is 2. The van der Waals surface area contributed by atoms with Crippen molar-refractivity contribution in [1.82, 2.24) is 0 Å². The molecule has 1 atom stereocenters. The first-order valence-electron chi connectivity index (χ1n) is 9.90. The van der Waals surface area contributed by atoms with E-state index in [-0.39, 0.29) is 24.0 Å². The molecule has 2 aliphatic heterocycles. The van der Waals surface area contributed by atoms with Gasteiger partial charge in [-0.3, -0.25) is 14.5 Å². The number of benzene rings is 3. The largest absolute Gasteiger partial charge is 0.454 e. The number of nitrogens with one attached hydrogen (secondary N) is 1. The topological polar surface area (TPSA) is 67.9 Å². The van der Waals surface area contributed by atoms with Crippen LogP contribution in [0.2, 0.25) is 0 Å². The molecular weight excluding hydrogens is 412 g/mol. The molecule has 3 aromatic rings. The van der Waals surface area contributed by atoms with Gasteiger partial charge in [-0.05, 0) is 48.4 Å². The third kappa shape index (κ3) is 3.72. The van der Waals surface area contributed by atoms with Gasteiger partial charge in [0.25, 0.3) is 5.91 Å². The molecule has 0 radical (unpaired) electrons. The van der Waals surface area contributed by atoms with Gasteiger partial charge in [0.15, 0.2) is 11.5 Å². The van der Waals surface area contributed by atoms with E-state index in [1.807, 2.05) is 67.6 Å².